The van der Waals surface area contributed by atoms with E-state index in [4.69, 9.17) is 18.5 Å². The molecule has 0 fully saturated rings. The second-order valence-corrected chi connectivity index (χ2v) is 18.2. The second-order valence-electron chi connectivity index (χ2n) is 16.8. The third-order valence-electron chi connectivity index (χ3n) is 9.72. The quantitative estimate of drug-likeness (QED) is 0.0212. The smallest absolute Gasteiger partial charge is 0.462 e. The Balaban J connectivity index is 4.39. The number of carbonyl (C=O) groups excluding carboxylic acids is 2. The molecule has 0 aliphatic carbocycles. The van der Waals surface area contributed by atoms with Gasteiger partial charge in [-0.15, -0.1) is 0 Å². The maximum absolute atomic E-state index is 12.7. The third-order valence-corrected chi connectivity index (χ3v) is 10.7. The Kier molecular flexibility index (Phi) is 40.0. The van der Waals surface area contributed by atoms with Gasteiger partial charge in [-0.25, -0.2) is 4.57 Å². The second kappa shape index (κ2) is 41.8. The summed E-state index contributed by atoms with van der Waals surface area (Å²) in [4.78, 5) is 35.5. The van der Waals surface area contributed by atoms with E-state index in [1.165, 1.54) is 77.0 Å². The first-order valence-corrected chi connectivity index (χ1v) is 25.2. The number of allylic oxidation sites excluding steroid dienone is 12. The van der Waals surface area contributed by atoms with Crippen LogP contribution in [0.4, 0.5) is 0 Å². The molecule has 1 unspecified atom stereocenters. The molecule has 0 spiro atoms. The van der Waals surface area contributed by atoms with E-state index >= 15 is 0 Å². The van der Waals surface area contributed by atoms with Crippen LogP contribution in [0.3, 0.4) is 0 Å². The lowest BCUT2D eigenvalue weighted by atomic mass is 10.1. The number of esters is 2. The molecule has 0 aliphatic rings. The first kappa shape index (κ1) is 57.4. The molecule has 0 aromatic heterocycles. The van der Waals surface area contributed by atoms with Crippen molar-refractivity contribution in [1.82, 2.24) is 0 Å². The van der Waals surface area contributed by atoms with E-state index in [9.17, 15) is 19.0 Å². The predicted molar refractivity (Wildman–Crippen MR) is 252 cm³/mol. The van der Waals surface area contributed by atoms with Gasteiger partial charge in [-0.2, -0.15) is 0 Å². The molecule has 346 valence electrons. The van der Waals surface area contributed by atoms with Gasteiger partial charge in [-0.1, -0.05) is 157 Å². The maximum Gasteiger partial charge on any atom is 0.472 e. The number of nitrogens with zero attached hydrogens (tertiary/aromatic N) is 1. The molecule has 60 heavy (non-hydrogen) atoms. The lowest BCUT2D eigenvalue weighted by Crippen LogP contribution is -2.37. The van der Waals surface area contributed by atoms with Gasteiger partial charge in [0.2, 0.25) is 0 Å². The molecule has 0 saturated carbocycles. The number of rotatable bonds is 42. The molecule has 0 rings (SSSR count). The van der Waals surface area contributed by atoms with Crippen LogP contribution in [0.2, 0.25) is 0 Å². The number of ether oxygens (including phenoxy) is 2. The molecule has 1 N–H and O–H groups in total. The van der Waals surface area contributed by atoms with Crippen LogP contribution in [0.1, 0.15) is 181 Å². The Bertz CT molecular complexity index is 1250. The zero-order valence-corrected chi connectivity index (χ0v) is 39.8. The van der Waals surface area contributed by atoms with E-state index in [1.807, 2.05) is 21.1 Å². The highest BCUT2D eigenvalue weighted by atomic mass is 31.2. The van der Waals surface area contributed by atoms with Crippen molar-refractivity contribution in [2.24, 2.45) is 0 Å². The van der Waals surface area contributed by atoms with Gasteiger partial charge in [-0.05, 0) is 83.5 Å². The van der Waals surface area contributed by atoms with Crippen molar-refractivity contribution >= 4 is 19.8 Å². The molecule has 0 radical (unpaired) electrons. The van der Waals surface area contributed by atoms with Gasteiger partial charge in [0.1, 0.15) is 19.8 Å². The van der Waals surface area contributed by atoms with Crippen molar-refractivity contribution in [3.05, 3.63) is 72.9 Å². The summed E-state index contributed by atoms with van der Waals surface area (Å²) in [6.07, 6.45) is 52.3. The third kappa shape index (κ3) is 45.0. The lowest BCUT2D eigenvalue weighted by molar-refractivity contribution is -0.870. The largest absolute Gasteiger partial charge is 0.472 e. The number of hydrogen-bond acceptors (Lipinski definition) is 7. The van der Waals surface area contributed by atoms with Crippen molar-refractivity contribution in [2.45, 2.75) is 187 Å². The number of carbonyl (C=O) groups is 2. The average Bonchev–Trinajstić information content (AvgIpc) is 3.20. The van der Waals surface area contributed by atoms with Crippen molar-refractivity contribution < 1.29 is 42.1 Å². The summed E-state index contributed by atoms with van der Waals surface area (Å²) in [7, 11) is 1.44. The molecule has 0 aliphatic heterocycles. The van der Waals surface area contributed by atoms with Crippen LogP contribution in [-0.4, -0.2) is 74.9 Å². The summed E-state index contributed by atoms with van der Waals surface area (Å²) >= 11 is 0. The fourth-order valence-electron chi connectivity index (χ4n) is 6.03. The number of phosphoric acid groups is 1. The number of hydrogen-bond donors (Lipinski definition) is 1. The molecular formula is C50H89NO8P+. The first-order valence-electron chi connectivity index (χ1n) is 23.7. The van der Waals surface area contributed by atoms with E-state index in [1.54, 1.807) is 0 Å². The van der Waals surface area contributed by atoms with Gasteiger partial charge in [0, 0.05) is 12.8 Å². The zero-order chi connectivity index (χ0) is 44.3. The summed E-state index contributed by atoms with van der Waals surface area (Å²) in [5.41, 5.74) is 0. The van der Waals surface area contributed by atoms with Crippen LogP contribution < -0.4 is 0 Å². The molecule has 2 atom stereocenters. The van der Waals surface area contributed by atoms with Crippen LogP contribution >= 0.6 is 7.82 Å². The molecule has 0 heterocycles. The monoisotopic (exact) mass is 863 g/mol. The molecular weight excluding hydrogens is 774 g/mol. The summed E-state index contributed by atoms with van der Waals surface area (Å²) in [6, 6.07) is 0. The van der Waals surface area contributed by atoms with Gasteiger partial charge in [0.15, 0.2) is 6.10 Å². The minimum atomic E-state index is -4.39. The lowest BCUT2D eigenvalue weighted by Gasteiger charge is -2.24. The molecule has 0 aromatic rings. The van der Waals surface area contributed by atoms with Gasteiger partial charge in [0.05, 0.1) is 27.7 Å². The number of unbranched alkanes of at least 4 members (excludes halogenated alkanes) is 16. The van der Waals surface area contributed by atoms with Gasteiger partial charge in [-0.3, -0.25) is 18.6 Å². The van der Waals surface area contributed by atoms with Crippen LogP contribution in [-0.2, 0) is 32.7 Å². The normalized spacial score (nSPS) is 14.2. The SMILES string of the molecule is CC/C=C/C/C=C/C/C=C/C/C=C/C/C=C/CCCCCC(=O)O[C@H](COC(=O)CCCCCCCCCCC/C=C/CCCCCC)COP(=O)(O)OCC[N+](C)(C)C. The Morgan fingerprint density at radius 2 is 0.950 bits per heavy atom. The minimum absolute atomic E-state index is 0.0213. The van der Waals surface area contributed by atoms with E-state index in [0.29, 0.717) is 17.4 Å². The highest BCUT2D eigenvalue weighted by Gasteiger charge is 2.27. The fourth-order valence-corrected chi connectivity index (χ4v) is 6.78. The summed E-state index contributed by atoms with van der Waals surface area (Å²) in [6.45, 7) is 4.25. The van der Waals surface area contributed by atoms with Crippen molar-refractivity contribution in [2.75, 3.05) is 47.5 Å². The summed E-state index contributed by atoms with van der Waals surface area (Å²) in [5, 5.41) is 0. The highest BCUT2D eigenvalue weighted by Crippen LogP contribution is 2.43. The Labute approximate surface area is 368 Å². The maximum atomic E-state index is 12.7. The molecule has 9 nitrogen and oxygen atoms in total. The predicted octanol–water partition coefficient (Wildman–Crippen LogP) is 13.8. The van der Waals surface area contributed by atoms with Crippen molar-refractivity contribution in [3.8, 4) is 0 Å². The first-order chi connectivity index (χ1) is 29.0. The standard InChI is InChI=1S/C50H88NO8P/c1-6-8-10-12-14-16-18-20-22-24-25-27-29-31-33-35-37-39-41-43-50(53)59-48(47-58-60(54,55)57-45-44-51(3,4)5)46-56-49(52)42-40-38-36-34-32-30-28-26-23-21-19-17-15-13-11-9-7-2/h8,10,14,16-17,19-20,22,25,27,31,33,48H,6-7,9,11-13,15,18,21,23-24,26,28-30,32,34-47H2,1-5H3/p+1/b10-8+,16-14+,19-17+,22-20+,27-25+,33-31+/t48-/m1/s1. The highest BCUT2D eigenvalue weighted by molar-refractivity contribution is 7.47. The zero-order valence-electron chi connectivity index (χ0n) is 38.9. The number of likely N-dealkylation sites (N-methyl/N-ethyl adjacent to an activating group) is 1. The molecule has 0 aromatic carbocycles. The summed E-state index contributed by atoms with van der Waals surface area (Å²) in [5.74, 6) is -0.842. The Hall–Kier alpha value is -2.55. The van der Waals surface area contributed by atoms with E-state index in [2.05, 4.69) is 86.8 Å². The van der Waals surface area contributed by atoms with E-state index in [-0.39, 0.29) is 32.0 Å². The fraction of sp³-hybridized carbons (Fsp3) is 0.720. The van der Waals surface area contributed by atoms with Crippen LogP contribution in [0, 0.1) is 0 Å². The summed E-state index contributed by atoms with van der Waals surface area (Å²) < 4.78 is 34.3. The number of phosphoric ester groups is 1. The topological polar surface area (TPSA) is 108 Å². The number of quaternary nitrogens is 1. The van der Waals surface area contributed by atoms with Crippen LogP contribution in [0.5, 0.6) is 0 Å². The van der Waals surface area contributed by atoms with Crippen molar-refractivity contribution in [1.29, 1.82) is 0 Å². The minimum Gasteiger partial charge on any atom is -0.462 e. The molecule has 0 amide bonds. The molecule has 0 bridgehead atoms. The average molecular weight is 863 g/mol. The van der Waals surface area contributed by atoms with Gasteiger partial charge < -0.3 is 18.9 Å². The van der Waals surface area contributed by atoms with Gasteiger partial charge >= 0.3 is 19.8 Å². The molecule has 0 saturated heterocycles. The van der Waals surface area contributed by atoms with E-state index in [0.717, 1.165) is 70.6 Å². The van der Waals surface area contributed by atoms with Crippen molar-refractivity contribution in [3.63, 3.8) is 0 Å². The van der Waals surface area contributed by atoms with Crippen LogP contribution in [0.15, 0.2) is 72.9 Å². The van der Waals surface area contributed by atoms with Crippen LogP contribution in [0.25, 0.3) is 0 Å². The van der Waals surface area contributed by atoms with E-state index < -0.39 is 26.5 Å². The Morgan fingerprint density at radius 1 is 0.533 bits per heavy atom. The Morgan fingerprint density at radius 3 is 1.45 bits per heavy atom. The molecule has 10 heteroatoms. The van der Waals surface area contributed by atoms with Gasteiger partial charge in [0.25, 0.3) is 0 Å².